The third-order valence-electron chi connectivity index (χ3n) is 2.87. The van der Waals surface area contributed by atoms with Crippen LogP contribution in [-0.2, 0) is 0 Å². The molecule has 1 aliphatic carbocycles. The summed E-state index contributed by atoms with van der Waals surface area (Å²) in [4.78, 5) is 0. The molecule has 0 spiro atoms. The summed E-state index contributed by atoms with van der Waals surface area (Å²) in [6.45, 7) is 8.26. The van der Waals surface area contributed by atoms with Crippen LogP contribution in [0.5, 0.6) is 0 Å². The fraction of sp³-hybridized carbons (Fsp3) is 1.00. The highest BCUT2D eigenvalue weighted by Crippen LogP contribution is 2.48. The smallest absolute Gasteiger partial charge is 0.000500 e. The minimum atomic E-state index is 0.497. The van der Waals surface area contributed by atoms with Gasteiger partial charge < -0.3 is 5.32 Å². The van der Waals surface area contributed by atoms with Crippen LogP contribution in [0.15, 0.2) is 0 Å². The number of hydrogen-bond donors (Lipinski definition) is 1. The zero-order chi connectivity index (χ0) is 9.24. The summed E-state index contributed by atoms with van der Waals surface area (Å²) in [5.41, 5.74) is 1.14. The lowest BCUT2D eigenvalue weighted by Crippen LogP contribution is -2.41. The van der Waals surface area contributed by atoms with Crippen molar-refractivity contribution in [2.75, 3.05) is 13.6 Å². The van der Waals surface area contributed by atoms with Crippen molar-refractivity contribution in [1.29, 1.82) is 0 Å². The first kappa shape index (κ1) is 10.0. The van der Waals surface area contributed by atoms with Crippen LogP contribution < -0.4 is 5.32 Å². The van der Waals surface area contributed by atoms with Gasteiger partial charge >= 0.3 is 0 Å². The summed E-state index contributed by atoms with van der Waals surface area (Å²) in [7, 11) is 2.07. The average Bonchev–Trinajstić information content (AvgIpc) is 1.80. The molecule has 0 heterocycles. The minimum absolute atomic E-state index is 0.497. The molecule has 0 unspecified atom stereocenters. The number of hydrogen-bond acceptors (Lipinski definition) is 1. The van der Waals surface area contributed by atoms with Gasteiger partial charge in [0.1, 0.15) is 0 Å². The number of nitrogens with one attached hydrogen (secondary N) is 1. The molecule has 0 saturated heterocycles. The van der Waals surface area contributed by atoms with Crippen LogP contribution in [0.25, 0.3) is 0 Å². The first-order chi connectivity index (χ1) is 5.47. The maximum absolute atomic E-state index is 3.33. The number of rotatable bonds is 3. The molecule has 1 aliphatic rings. The van der Waals surface area contributed by atoms with E-state index in [1.807, 2.05) is 0 Å². The fourth-order valence-electron chi connectivity index (χ4n) is 2.59. The highest BCUT2D eigenvalue weighted by Gasteiger charge is 2.39. The van der Waals surface area contributed by atoms with Crippen molar-refractivity contribution in [3.63, 3.8) is 0 Å². The van der Waals surface area contributed by atoms with E-state index in [2.05, 4.69) is 33.1 Å². The average molecular weight is 169 g/mol. The monoisotopic (exact) mass is 169 g/mol. The predicted octanol–water partition coefficient (Wildman–Crippen LogP) is 2.81. The van der Waals surface area contributed by atoms with E-state index >= 15 is 0 Å². The Bertz CT molecular complexity index is 140. The molecule has 0 aliphatic heterocycles. The van der Waals surface area contributed by atoms with Gasteiger partial charge in [-0.1, -0.05) is 27.2 Å². The van der Waals surface area contributed by atoms with Crippen molar-refractivity contribution in [1.82, 2.24) is 5.32 Å². The van der Waals surface area contributed by atoms with Crippen molar-refractivity contribution in [2.45, 2.75) is 46.5 Å². The Kier molecular flexibility index (Phi) is 2.82. The molecule has 72 valence electrons. The Hall–Kier alpha value is -0.0400. The van der Waals surface area contributed by atoms with Crippen molar-refractivity contribution in [3.8, 4) is 0 Å². The second-order valence-electron chi connectivity index (χ2n) is 5.62. The Morgan fingerprint density at radius 1 is 1.25 bits per heavy atom. The van der Waals surface area contributed by atoms with E-state index < -0.39 is 0 Å². The molecule has 0 aromatic carbocycles. The molecule has 12 heavy (non-hydrogen) atoms. The zero-order valence-electron chi connectivity index (χ0n) is 9.04. The molecule has 1 nitrogen and oxygen atoms in total. The molecule has 0 aromatic rings. The quantitative estimate of drug-likeness (QED) is 0.685. The molecule has 1 rings (SSSR count). The Labute approximate surface area is 76.9 Å². The van der Waals surface area contributed by atoms with Crippen LogP contribution >= 0.6 is 0 Å². The summed E-state index contributed by atoms with van der Waals surface area (Å²) >= 11 is 0. The first-order valence-electron chi connectivity index (χ1n) is 5.12. The lowest BCUT2D eigenvalue weighted by molar-refractivity contribution is 0.0718. The van der Waals surface area contributed by atoms with Crippen molar-refractivity contribution < 1.29 is 0 Å². The molecular weight excluding hydrogens is 146 g/mol. The summed E-state index contributed by atoms with van der Waals surface area (Å²) in [5, 5.41) is 3.33. The van der Waals surface area contributed by atoms with Gasteiger partial charge in [-0.05, 0) is 37.1 Å². The lowest BCUT2D eigenvalue weighted by atomic mass is 9.61. The van der Waals surface area contributed by atoms with Crippen LogP contribution in [0, 0.1) is 10.8 Å². The molecule has 1 saturated carbocycles. The zero-order valence-corrected chi connectivity index (χ0v) is 9.04. The van der Waals surface area contributed by atoms with Crippen molar-refractivity contribution in [2.24, 2.45) is 10.8 Å². The predicted molar refractivity (Wildman–Crippen MR) is 54.3 cm³/mol. The second kappa shape index (κ2) is 3.37. The second-order valence-corrected chi connectivity index (χ2v) is 5.62. The maximum Gasteiger partial charge on any atom is 0.000500 e. The van der Waals surface area contributed by atoms with Crippen LogP contribution in [0.1, 0.15) is 46.5 Å². The Morgan fingerprint density at radius 2 is 1.83 bits per heavy atom. The van der Waals surface area contributed by atoms with Crippen molar-refractivity contribution >= 4 is 0 Å². The minimum Gasteiger partial charge on any atom is -0.319 e. The summed E-state index contributed by atoms with van der Waals surface area (Å²) in [5.74, 6) is 0. The molecule has 0 atom stereocenters. The highest BCUT2D eigenvalue weighted by atomic mass is 14.8. The Morgan fingerprint density at radius 3 is 2.08 bits per heavy atom. The van der Waals surface area contributed by atoms with Gasteiger partial charge in [-0.2, -0.15) is 0 Å². The van der Waals surface area contributed by atoms with E-state index in [4.69, 9.17) is 0 Å². The van der Waals surface area contributed by atoms with E-state index in [9.17, 15) is 0 Å². The standard InChI is InChI=1S/C11H23N/c1-10(2,3)8-11(9-12-4)6-5-7-11/h12H,5-9H2,1-4H3. The Balaban J connectivity index is 2.45. The molecule has 0 amide bonds. The van der Waals surface area contributed by atoms with Gasteiger partial charge in [0.05, 0.1) is 0 Å². The van der Waals surface area contributed by atoms with Gasteiger partial charge in [-0.3, -0.25) is 0 Å². The van der Waals surface area contributed by atoms with E-state index in [0.29, 0.717) is 10.8 Å². The van der Waals surface area contributed by atoms with Crippen molar-refractivity contribution in [3.05, 3.63) is 0 Å². The third kappa shape index (κ3) is 2.48. The fourth-order valence-corrected chi connectivity index (χ4v) is 2.59. The molecule has 1 N–H and O–H groups in total. The summed E-state index contributed by atoms with van der Waals surface area (Å²) < 4.78 is 0. The first-order valence-corrected chi connectivity index (χ1v) is 5.12. The molecular formula is C11H23N. The molecule has 1 heteroatoms. The summed E-state index contributed by atoms with van der Waals surface area (Å²) in [6.07, 6.45) is 5.69. The van der Waals surface area contributed by atoms with Gasteiger partial charge in [-0.15, -0.1) is 0 Å². The topological polar surface area (TPSA) is 12.0 Å². The highest BCUT2D eigenvalue weighted by molar-refractivity contribution is 4.92. The summed E-state index contributed by atoms with van der Waals surface area (Å²) in [6, 6.07) is 0. The molecule has 0 bridgehead atoms. The van der Waals surface area contributed by atoms with Crippen LogP contribution in [0.3, 0.4) is 0 Å². The van der Waals surface area contributed by atoms with Gasteiger partial charge in [0.15, 0.2) is 0 Å². The van der Waals surface area contributed by atoms with Crippen LogP contribution in [-0.4, -0.2) is 13.6 Å². The SMILES string of the molecule is CNCC1(CC(C)(C)C)CCC1. The third-order valence-corrected chi connectivity index (χ3v) is 2.87. The normalized spacial score (nSPS) is 22.0. The van der Waals surface area contributed by atoms with E-state index in [1.54, 1.807) is 0 Å². The van der Waals surface area contributed by atoms with Crippen LogP contribution in [0.4, 0.5) is 0 Å². The van der Waals surface area contributed by atoms with Gasteiger partial charge in [-0.25, -0.2) is 0 Å². The molecule has 1 fully saturated rings. The van der Waals surface area contributed by atoms with E-state index in [1.165, 1.54) is 32.2 Å². The van der Waals surface area contributed by atoms with E-state index in [-0.39, 0.29) is 0 Å². The molecule has 0 aromatic heterocycles. The van der Waals surface area contributed by atoms with Gasteiger partial charge in [0.2, 0.25) is 0 Å². The maximum atomic E-state index is 3.33. The molecule has 0 radical (unpaired) electrons. The van der Waals surface area contributed by atoms with Crippen LogP contribution in [0.2, 0.25) is 0 Å². The largest absolute Gasteiger partial charge is 0.319 e. The van der Waals surface area contributed by atoms with Gasteiger partial charge in [0.25, 0.3) is 0 Å². The van der Waals surface area contributed by atoms with E-state index in [0.717, 1.165) is 0 Å². The lowest BCUT2D eigenvalue weighted by Gasteiger charge is -2.46. The van der Waals surface area contributed by atoms with Gasteiger partial charge in [0, 0.05) is 6.54 Å².